The molecule has 4 nitrogen and oxygen atoms in total. The third-order valence-corrected chi connectivity index (χ3v) is 6.94. The average molecular weight is 538 g/mol. The van der Waals surface area contributed by atoms with Crippen molar-refractivity contribution in [2.24, 2.45) is 0 Å². The van der Waals surface area contributed by atoms with Crippen molar-refractivity contribution in [3.05, 3.63) is 99.0 Å². The Labute approximate surface area is 217 Å². The van der Waals surface area contributed by atoms with Gasteiger partial charge in [-0.15, -0.1) is 13.2 Å². The quantitative estimate of drug-likeness (QED) is 0.299. The smallest absolute Gasteiger partial charge is 0.465 e. The summed E-state index contributed by atoms with van der Waals surface area (Å²) < 4.78 is 46.7. The fourth-order valence-electron chi connectivity index (χ4n) is 4.77. The molecule has 0 N–H and O–H groups in total. The Hall–Kier alpha value is -2.74. The van der Waals surface area contributed by atoms with Crippen LogP contribution in [0.1, 0.15) is 58.4 Å². The highest BCUT2D eigenvalue weighted by atomic mass is 35.5. The first-order chi connectivity index (χ1) is 17.0. The van der Waals surface area contributed by atoms with E-state index in [4.69, 9.17) is 27.9 Å². The number of ether oxygens (including phenoxy) is 2. The Balaban J connectivity index is 1.65. The summed E-state index contributed by atoms with van der Waals surface area (Å²) in [7, 11) is 1.33. The van der Waals surface area contributed by atoms with Crippen LogP contribution in [0.2, 0.25) is 10.0 Å². The molecule has 3 atom stereocenters. The number of esters is 1. The normalized spacial score (nSPS) is 19.2. The van der Waals surface area contributed by atoms with E-state index in [1.807, 2.05) is 24.3 Å². The molecule has 1 saturated heterocycles. The first kappa shape index (κ1) is 26.3. The van der Waals surface area contributed by atoms with Crippen molar-refractivity contribution in [1.29, 1.82) is 0 Å². The highest BCUT2D eigenvalue weighted by molar-refractivity contribution is 6.34. The lowest BCUT2D eigenvalue weighted by Crippen LogP contribution is -2.27. The lowest BCUT2D eigenvalue weighted by molar-refractivity contribution is -0.274. The molecule has 0 saturated carbocycles. The first-order valence-corrected chi connectivity index (χ1v) is 12.1. The van der Waals surface area contributed by atoms with E-state index in [-0.39, 0.29) is 23.8 Å². The molecule has 0 aliphatic carbocycles. The maximum Gasteiger partial charge on any atom is 0.573 e. The lowest BCUT2D eigenvalue weighted by Gasteiger charge is -2.31. The van der Waals surface area contributed by atoms with Crippen LogP contribution in [-0.2, 0) is 4.74 Å². The number of rotatable bonds is 6. The summed E-state index contributed by atoms with van der Waals surface area (Å²) in [5, 5.41) is 1.10. The molecule has 3 unspecified atom stereocenters. The predicted octanol–water partition coefficient (Wildman–Crippen LogP) is 7.97. The fraction of sp³-hybridized carbons (Fsp3) is 0.296. The second kappa shape index (κ2) is 10.7. The van der Waals surface area contributed by atoms with Gasteiger partial charge in [-0.2, -0.15) is 0 Å². The van der Waals surface area contributed by atoms with Gasteiger partial charge < -0.3 is 9.47 Å². The van der Waals surface area contributed by atoms with Gasteiger partial charge in [0.1, 0.15) is 5.75 Å². The minimum Gasteiger partial charge on any atom is -0.465 e. The van der Waals surface area contributed by atoms with E-state index in [0.29, 0.717) is 22.2 Å². The molecule has 1 aliphatic heterocycles. The SMILES string of the molecule is COC(=O)c1ccc(C(C)N2CC(c3cc(Cl)cc(Cl)c3)CC2c2ccc(OC(F)(F)F)cc2)cc1. The van der Waals surface area contributed by atoms with Crippen molar-refractivity contribution in [2.45, 2.75) is 37.7 Å². The number of halogens is 5. The van der Waals surface area contributed by atoms with Crippen LogP contribution >= 0.6 is 23.2 Å². The molecule has 0 aromatic heterocycles. The van der Waals surface area contributed by atoms with E-state index >= 15 is 0 Å². The molecular weight excluding hydrogens is 514 g/mol. The summed E-state index contributed by atoms with van der Waals surface area (Å²) in [5.41, 5.74) is 3.33. The lowest BCUT2D eigenvalue weighted by atomic mass is 9.94. The number of benzene rings is 3. The van der Waals surface area contributed by atoms with Crippen molar-refractivity contribution in [3.8, 4) is 5.75 Å². The summed E-state index contributed by atoms with van der Waals surface area (Å²) >= 11 is 12.5. The number of carbonyl (C=O) groups excluding carboxylic acids is 1. The molecule has 0 amide bonds. The van der Waals surface area contributed by atoms with Gasteiger partial charge in [0.25, 0.3) is 0 Å². The fourth-order valence-corrected chi connectivity index (χ4v) is 5.31. The van der Waals surface area contributed by atoms with Gasteiger partial charge in [-0.3, -0.25) is 4.90 Å². The van der Waals surface area contributed by atoms with Gasteiger partial charge >= 0.3 is 12.3 Å². The highest BCUT2D eigenvalue weighted by Gasteiger charge is 2.37. The Morgan fingerprint density at radius 1 is 0.972 bits per heavy atom. The molecule has 190 valence electrons. The minimum absolute atomic E-state index is 0.0487. The molecule has 36 heavy (non-hydrogen) atoms. The number of methoxy groups -OCH3 is 1. The van der Waals surface area contributed by atoms with Crippen LogP contribution in [0.25, 0.3) is 0 Å². The van der Waals surface area contributed by atoms with Crippen molar-refractivity contribution in [1.82, 2.24) is 4.90 Å². The van der Waals surface area contributed by atoms with Gasteiger partial charge in [0.2, 0.25) is 0 Å². The highest BCUT2D eigenvalue weighted by Crippen LogP contribution is 2.46. The zero-order chi connectivity index (χ0) is 26.0. The molecular formula is C27H24Cl2F3NO3. The van der Waals surface area contributed by atoms with Crippen LogP contribution in [0.3, 0.4) is 0 Å². The van der Waals surface area contributed by atoms with Crippen molar-refractivity contribution >= 4 is 29.2 Å². The van der Waals surface area contributed by atoms with Crippen LogP contribution < -0.4 is 4.74 Å². The molecule has 4 rings (SSSR count). The summed E-state index contributed by atoms with van der Waals surface area (Å²) in [6.07, 6.45) is -4.02. The summed E-state index contributed by atoms with van der Waals surface area (Å²) in [4.78, 5) is 14.1. The molecule has 1 fully saturated rings. The van der Waals surface area contributed by atoms with Gasteiger partial charge in [-0.05, 0) is 78.4 Å². The molecule has 1 aliphatic rings. The summed E-state index contributed by atoms with van der Waals surface area (Å²) in [5.74, 6) is -0.568. The monoisotopic (exact) mass is 537 g/mol. The predicted molar refractivity (Wildman–Crippen MR) is 133 cm³/mol. The van der Waals surface area contributed by atoms with Gasteiger partial charge in [0.15, 0.2) is 0 Å². The van der Waals surface area contributed by atoms with E-state index in [0.717, 1.165) is 23.1 Å². The summed E-state index contributed by atoms with van der Waals surface area (Å²) in [6, 6.07) is 18.6. The van der Waals surface area contributed by atoms with E-state index in [9.17, 15) is 18.0 Å². The van der Waals surface area contributed by atoms with Crippen LogP contribution in [0.15, 0.2) is 66.7 Å². The minimum atomic E-state index is -4.75. The van der Waals surface area contributed by atoms with E-state index in [1.54, 1.807) is 30.3 Å². The van der Waals surface area contributed by atoms with Crippen molar-refractivity contribution < 1.29 is 27.4 Å². The number of carbonyl (C=O) groups is 1. The molecule has 9 heteroatoms. The van der Waals surface area contributed by atoms with Crippen molar-refractivity contribution in [2.75, 3.05) is 13.7 Å². The van der Waals surface area contributed by atoms with Gasteiger partial charge in [-0.25, -0.2) is 4.79 Å². The average Bonchev–Trinajstić information content (AvgIpc) is 3.28. The first-order valence-electron chi connectivity index (χ1n) is 11.3. The van der Waals surface area contributed by atoms with E-state index in [1.165, 1.54) is 19.2 Å². The molecule has 3 aromatic carbocycles. The Morgan fingerprint density at radius 3 is 2.14 bits per heavy atom. The molecule has 0 spiro atoms. The van der Waals surface area contributed by atoms with Gasteiger partial charge in [-0.1, -0.05) is 47.5 Å². The maximum atomic E-state index is 12.6. The Morgan fingerprint density at radius 2 is 1.58 bits per heavy atom. The number of hydrogen-bond acceptors (Lipinski definition) is 4. The summed E-state index contributed by atoms with van der Waals surface area (Å²) in [6.45, 7) is 2.75. The van der Waals surface area contributed by atoms with Crippen LogP contribution in [0.4, 0.5) is 13.2 Å². The van der Waals surface area contributed by atoms with E-state index < -0.39 is 12.3 Å². The number of likely N-dealkylation sites (tertiary alicyclic amines) is 1. The third-order valence-electron chi connectivity index (χ3n) is 6.51. The molecule has 0 radical (unpaired) electrons. The molecule has 3 aromatic rings. The zero-order valence-electron chi connectivity index (χ0n) is 19.6. The number of nitrogens with zero attached hydrogens (tertiary/aromatic N) is 1. The second-order valence-electron chi connectivity index (χ2n) is 8.75. The third kappa shape index (κ3) is 6.14. The van der Waals surface area contributed by atoms with Crippen molar-refractivity contribution in [3.63, 3.8) is 0 Å². The topological polar surface area (TPSA) is 38.8 Å². The van der Waals surface area contributed by atoms with Gasteiger partial charge in [0, 0.05) is 28.7 Å². The van der Waals surface area contributed by atoms with E-state index in [2.05, 4.69) is 16.6 Å². The standard InChI is InChI=1S/C27H24Cl2F3NO3/c1-16(17-3-5-19(6-4-17)26(34)35-2)33-15-21(20-11-22(28)14-23(29)12-20)13-25(33)18-7-9-24(10-8-18)36-27(30,31)32/h3-12,14,16,21,25H,13,15H2,1-2H3. The second-order valence-corrected chi connectivity index (χ2v) is 9.63. The Bertz CT molecular complexity index is 1200. The zero-order valence-corrected chi connectivity index (χ0v) is 21.1. The Kier molecular flexibility index (Phi) is 7.83. The van der Waals surface area contributed by atoms with Crippen LogP contribution in [0, 0.1) is 0 Å². The molecule has 1 heterocycles. The van der Waals surface area contributed by atoms with Crippen LogP contribution in [-0.4, -0.2) is 30.9 Å². The number of alkyl halides is 3. The van der Waals surface area contributed by atoms with Crippen LogP contribution in [0.5, 0.6) is 5.75 Å². The largest absolute Gasteiger partial charge is 0.573 e. The number of hydrogen-bond donors (Lipinski definition) is 0. The maximum absolute atomic E-state index is 12.6. The van der Waals surface area contributed by atoms with Gasteiger partial charge in [0.05, 0.1) is 12.7 Å². The molecule has 0 bridgehead atoms.